The predicted molar refractivity (Wildman–Crippen MR) is 76.0 cm³/mol. The van der Waals surface area contributed by atoms with Crippen molar-refractivity contribution in [3.05, 3.63) is 51.2 Å². The third kappa shape index (κ3) is 3.10. The van der Waals surface area contributed by atoms with Crippen LogP contribution in [0.4, 0.5) is 11.4 Å². The molecule has 0 bridgehead atoms. The van der Waals surface area contributed by atoms with Gasteiger partial charge >= 0.3 is 5.97 Å². The van der Waals surface area contributed by atoms with Gasteiger partial charge in [0.1, 0.15) is 15.7 Å². The number of hydrogen-bond acceptors (Lipinski definition) is 3. The van der Waals surface area contributed by atoms with E-state index in [0.717, 1.165) is 6.20 Å². The van der Waals surface area contributed by atoms with E-state index in [2.05, 4.69) is 10.3 Å². The van der Waals surface area contributed by atoms with Gasteiger partial charge in [-0.05, 0) is 18.2 Å². The van der Waals surface area contributed by atoms with Crippen LogP contribution in [0.3, 0.4) is 0 Å². The summed E-state index contributed by atoms with van der Waals surface area (Å²) in [6, 6.07) is 6.79. The molecule has 0 amide bonds. The van der Waals surface area contributed by atoms with Gasteiger partial charge in [0, 0.05) is 16.9 Å². The van der Waals surface area contributed by atoms with Crippen molar-refractivity contribution in [2.24, 2.45) is 0 Å². The van der Waals surface area contributed by atoms with Gasteiger partial charge < -0.3 is 10.4 Å². The van der Waals surface area contributed by atoms with Crippen molar-refractivity contribution in [2.45, 2.75) is 0 Å². The maximum atomic E-state index is 11.1. The highest BCUT2D eigenvalue weighted by Crippen LogP contribution is 2.34. The molecule has 19 heavy (non-hydrogen) atoms. The minimum atomic E-state index is -1.16. The molecular formula is C12H7Cl3N2O2. The van der Waals surface area contributed by atoms with Gasteiger partial charge in [0.15, 0.2) is 0 Å². The monoisotopic (exact) mass is 316 g/mol. The van der Waals surface area contributed by atoms with Crippen LogP contribution < -0.4 is 5.32 Å². The molecule has 4 nitrogen and oxygen atoms in total. The van der Waals surface area contributed by atoms with Gasteiger partial charge in [0.2, 0.25) is 0 Å². The molecule has 98 valence electrons. The molecule has 0 unspecified atom stereocenters. The molecule has 1 heterocycles. The number of anilines is 2. The molecule has 2 aromatic rings. The lowest BCUT2D eigenvalue weighted by molar-refractivity contribution is 0.0697. The van der Waals surface area contributed by atoms with Crippen molar-refractivity contribution in [1.29, 1.82) is 0 Å². The number of hydrogen-bond donors (Lipinski definition) is 2. The minimum absolute atomic E-state index is 0.0243. The lowest BCUT2D eigenvalue weighted by Crippen LogP contribution is -2.04. The fourth-order valence-corrected chi connectivity index (χ4v) is 1.99. The average Bonchev–Trinajstić information content (AvgIpc) is 2.35. The van der Waals surface area contributed by atoms with Crippen LogP contribution in [0.5, 0.6) is 0 Å². The molecule has 0 saturated heterocycles. The van der Waals surface area contributed by atoms with Gasteiger partial charge in [-0.3, -0.25) is 0 Å². The van der Waals surface area contributed by atoms with Crippen molar-refractivity contribution in [3.63, 3.8) is 0 Å². The first-order valence-electron chi connectivity index (χ1n) is 5.09. The summed E-state index contributed by atoms with van der Waals surface area (Å²) in [6.07, 6.45) is 1.14. The predicted octanol–water partition coefficient (Wildman–Crippen LogP) is 4.48. The number of pyridine rings is 1. The summed E-state index contributed by atoms with van der Waals surface area (Å²) in [5.41, 5.74) is 0.699. The molecule has 0 atom stereocenters. The number of nitrogens with one attached hydrogen (secondary N) is 1. The molecule has 1 aromatic carbocycles. The second-order valence-electron chi connectivity index (χ2n) is 3.59. The van der Waals surface area contributed by atoms with E-state index in [1.807, 2.05) is 0 Å². The van der Waals surface area contributed by atoms with Crippen LogP contribution in [0, 0.1) is 0 Å². The average molecular weight is 318 g/mol. The van der Waals surface area contributed by atoms with Gasteiger partial charge in [0.05, 0.1) is 5.69 Å². The standard InChI is InChI=1S/C12H7Cl3N2O2/c13-6-2-1-3-7(4-6)17-10-8(12(18)19)5-16-11(15)9(10)14/h1-5H,(H,16,17)(H,18,19). The van der Waals surface area contributed by atoms with Crippen LogP contribution >= 0.6 is 34.8 Å². The van der Waals surface area contributed by atoms with Gasteiger partial charge in [-0.15, -0.1) is 0 Å². The topological polar surface area (TPSA) is 62.2 Å². The normalized spacial score (nSPS) is 10.3. The lowest BCUT2D eigenvalue weighted by Gasteiger charge is -2.12. The Balaban J connectivity index is 2.49. The molecule has 0 spiro atoms. The maximum Gasteiger partial charge on any atom is 0.339 e. The molecule has 2 N–H and O–H groups in total. The number of rotatable bonds is 3. The fourth-order valence-electron chi connectivity index (χ4n) is 1.46. The van der Waals surface area contributed by atoms with Crippen molar-refractivity contribution in [2.75, 3.05) is 5.32 Å². The summed E-state index contributed by atoms with van der Waals surface area (Å²) in [5.74, 6) is -1.16. The number of benzene rings is 1. The number of aromatic nitrogens is 1. The van der Waals surface area contributed by atoms with Crippen LogP contribution in [0.2, 0.25) is 15.2 Å². The zero-order valence-corrected chi connectivity index (χ0v) is 11.6. The number of nitrogens with zero attached hydrogens (tertiary/aromatic N) is 1. The summed E-state index contributed by atoms with van der Waals surface area (Å²) >= 11 is 17.6. The molecule has 0 aliphatic rings. The van der Waals surface area contributed by atoms with E-state index in [4.69, 9.17) is 39.9 Å². The number of carboxylic acid groups (broad SMARTS) is 1. The Bertz CT molecular complexity index is 647. The summed E-state index contributed by atoms with van der Waals surface area (Å²) in [5, 5.41) is 12.6. The Morgan fingerprint density at radius 2 is 2.00 bits per heavy atom. The smallest absolute Gasteiger partial charge is 0.339 e. The van der Waals surface area contributed by atoms with Crippen LogP contribution in [0.1, 0.15) is 10.4 Å². The lowest BCUT2D eigenvalue weighted by atomic mass is 10.2. The number of halogens is 3. The molecule has 7 heteroatoms. The Labute approximate surface area is 123 Å². The fraction of sp³-hybridized carbons (Fsp3) is 0. The van der Waals surface area contributed by atoms with E-state index in [0.29, 0.717) is 10.7 Å². The Hall–Kier alpha value is -1.49. The highest BCUT2D eigenvalue weighted by atomic mass is 35.5. The van der Waals surface area contributed by atoms with Crippen molar-refractivity contribution in [3.8, 4) is 0 Å². The van der Waals surface area contributed by atoms with Crippen LogP contribution in [0.15, 0.2) is 30.5 Å². The third-order valence-electron chi connectivity index (χ3n) is 2.30. The van der Waals surface area contributed by atoms with Crippen LogP contribution in [-0.4, -0.2) is 16.1 Å². The van der Waals surface area contributed by atoms with Crippen molar-refractivity contribution < 1.29 is 9.90 Å². The molecule has 2 rings (SSSR count). The number of carbonyl (C=O) groups is 1. The van der Waals surface area contributed by atoms with E-state index < -0.39 is 5.97 Å². The van der Waals surface area contributed by atoms with Gasteiger partial charge in [-0.2, -0.15) is 0 Å². The highest BCUT2D eigenvalue weighted by Gasteiger charge is 2.17. The van der Waals surface area contributed by atoms with Crippen molar-refractivity contribution in [1.82, 2.24) is 4.98 Å². The van der Waals surface area contributed by atoms with Crippen LogP contribution in [-0.2, 0) is 0 Å². The molecular weight excluding hydrogens is 311 g/mol. The summed E-state index contributed by atoms with van der Waals surface area (Å²) in [7, 11) is 0. The Morgan fingerprint density at radius 3 is 2.63 bits per heavy atom. The number of aromatic carboxylic acids is 1. The van der Waals surface area contributed by atoms with Gasteiger partial charge in [-0.25, -0.2) is 9.78 Å². The molecule has 0 fully saturated rings. The largest absolute Gasteiger partial charge is 0.478 e. The van der Waals surface area contributed by atoms with E-state index in [1.54, 1.807) is 24.3 Å². The second-order valence-corrected chi connectivity index (χ2v) is 4.76. The van der Waals surface area contributed by atoms with Gasteiger partial charge in [0.25, 0.3) is 0 Å². The maximum absolute atomic E-state index is 11.1. The van der Waals surface area contributed by atoms with E-state index in [1.165, 1.54) is 0 Å². The molecule has 0 aliphatic carbocycles. The van der Waals surface area contributed by atoms with E-state index in [-0.39, 0.29) is 21.4 Å². The molecule has 0 radical (unpaired) electrons. The van der Waals surface area contributed by atoms with Crippen LogP contribution in [0.25, 0.3) is 0 Å². The summed E-state index contributed by atoms with van der Waals surface area (Å²) in [4.78, 5) is 14.8. The first kappa shape index (κ1) is 13.9. The first-order valence-corrected chi connectivity index (χ1v) is 6.22. The Morgan fingerprint density at radius 1 is 1.26 bits per heavy atom. The Kier molecular flexibility index (Phi) is 4.14. The highest BCUT2D eigenvalue weighted by molar-refractivity contribution is 6.43. The minimum Gasteiger partial charge on any atom is -0.478 e. The van der Waals surface area contributed by atoms with E-state index in [9.17, 15) is 4.79 Å². The van der Waals surface area contributed by atoms with Crippen molar-refractivity contribution >= 4 is 52.1 Å². The zero-order chi connectivity index (χ0) is 14.0. The third-order valence-corrected chi connectivity index (χ3v) is 3.29. The molecule has 0 saturated carbocycles. The number of carboxylic acids is 1. The molecule has 0 aliphatic heterocycles. The first-order chi connectivity index (χ1) is 8.99. The van der Waals surface area contributed by atoms with E-state index >= 15 is 0 Å². The second kappa shape index (κ2) is 5.65. The summed E-state index contributed by atoms with van der Waals surface area (Å²) < 4.78 is 0. The SMILES string of the molecule is O=C(O)c1cnc(Cl)c(Cl)c1Nc1cccc(Cl)c1. The quantitative estimate of drug-likeness (QED) is 0.819. The van der Waals surface area contributed by atoms with Gasteiger partial charge in [-0.1, -0.05) is 40.9 Å². The zero-order valence-electron chi connectivity index (χ0n) is 9.32. The molecule has 1 aromatic heterocycles. The summed E-state index contributed by atoms with van der Waals surface area (Å²) in [6.45, 7) is 0.